The van der Waals surface area contributed by atoms with E-state index < -0.39 is 5.41 Å². The number of fused-ring (bicyclic) bond motifs is 15. The van der Waals surface area contributed by atoms with Gasteiger partial charge < -0.3 is 0 Å². The van der Waals surface area contributed by atoms with Crippen molar-refractivity contribution in [2.45, 2.75) is 15.2 Å². The van der Waals surface area contributed by atoms with E-state index in [1.54, 1.807) is 11.3 Å². The second-order valence-electron chi connectivity index (χ2n) is 15.4. The quantitative estimate of drug-likeness (QED) is 0.167. The van der Waals surface area contributed by atoms with Crippen LogP contribution < -0.4 is 0 Å². The topological polar surface area (TPSA) is 38.7 Å². The van der Waals surface area contributed by atoms with Crippen molar-refractivity contribution in [3.63, 3.8) is 0 Å². The summed E-state index contributed by atoms with van der Waals surface area (Å²) in [5, 5.41) is 4.57. The first-order valence-electron chi connectivity index (χ1n) is 19.9. The molecule has 2 aliphatic rings. The van der Waals surface area contributed by atoms with Crippen LogP contribution >= 0.6 is 23.1 Å². The van der Waals surface area contributed by atoms with E-state index in [1.165, 1.54) is 53.3 Å². The molecule has 0 unspecified atom stereocenters. The Morgan fingerprint density at radius 2 is 1.05 bits per heavy atom. The lowest BCUT2D eigenvalue weighted by atomic mass is 9.67. The van der Waals surface area contributed by atoms with Gasteiger partial charge in [-0.2, -0.15) is 0 Å². The van der Waals surface area contributed by atoms with Crippen LogP contribution in [0.4, 0.5) is 0 Å². The van der Waals surface area contributed by atoms with Crippen molar-refractivity contribution in [2.75, 3.05) is 0 Å². The highest BCUT2D eigenvalue weighted by atomic mass is 32.2. The van der Waals surface area contributed by atoms with Crippen LogP contribution in [0.5, 0.6) is 0 Å². The van der Waals surface area contributed by atoms with Gasteiger partial charge in [0.2, 0.25) is 0 Å². The summed E-state index contributed by atoms with van der Waals surface area (Å²) in [5.74, 6) is 0.726. The van der Waals surface area contributed by atoms with Crippen LogP contribution in [0.1, 0.15) is 22.3 Å². The van der Waals surface area contributed by atoms with Gasteiger partial charge in [-0.3, -0.25) is 0 Å². The SMILES string of the molecule is c1ccc(-c2nc(-c3ccc4nc(-c5ccccc5)c5cc6c(cc5c4c3)C3(c4ccccc4Sc4ccccc43)c3ccccc3-6)c3sc4ccccc4c3n2)cc1. The molecule has 0 fully saturated rings. The predicted octanol–water partition coefficient (Wildman–Crippen LogP) is 14.4. The van der Waals surface area contributed by atoms with Gasteiger partial charge in [-0.05, 0) is 81.2 Å². The Balaban J connectivity index is 1.15. The van der Waals surface area contributed by atoms with Gasteiger partial charge in [0.1, 0.15) is 0 Å². The lowest BCUT2D eigenvalue weighted by Gasteiger charge is -2.39. The standard InChI is InChI=1S/C54H31N3S2/c1-3-15-32(16-4-1)49-40-30-38-35-19-7-9-21-41(35)54(42-22-10-13-25-47(42)58-48-26-14-11-23-43(48)54)44(38)31-37(40)39-29-34(27-28-45(39)55-49)50-52-51(36-20-8-12-24-46(36)59-52)57-53(56-50)33-17-5-2-6-18-33/h1-31H. The zero-order chi connectivity index (χ0) is 38.7. The highest BCUT2D eigenvalue weighted by molar-refractivity contribution is 7.99. The van der Waals surface area contributed by atoms with E-state index in [4.69, 9.17) is 15.0 Å². The number of thiophene rings is 1. The minimum atomic E-state index is -0.487. The number of hydrogen-bond donors (Lipinski definition) is 0. The van der Waals surface area contributed by atoms with Crippen molar-refractivity contribution < 1.29 is 0 Å². The molecule has 11 aromatic rings. The minimum absolute atomic E-state index is 0.487. The summed E-state index contributed by atoms with van der Waals surface area (Å²) < 4.78 is 2.29. The summed E-state index contributed by atoms with van der Waals surface area (Å²) in [4.78, 5) is 18.7. The number of aromatic nitrogens is 3. The molecule has 0 atom stereocenters. The van der Waals surface area contributed by atoms with Gasteiger partial charge in [0.05, 0.1) is 32.5 Å². The maximum atomic E-state index is 5.49. The molecule has 1 aliphatic carbocycles. The van der Waals surface area contributed by atoms with Crippen LogP contribution in [0, 0.1) is 0 Å². The Hall–Kier alpha value is -6.92. The summed E-state index contributed by atoms with van der Waals surface area (Å²) in [6.07, 6.45) is 0. The van der Waals surface area contributed by atoms with Crippen molar-refractivity contribution in [1.82, 2.24) is 15.0 Å². The molecular weight excluding hydrogens is 755 g/mol. The van der Waals surface area contributed by atoms with Crippen LogP contribution in [-0.4, -0.2) is 15.0 Å². The average molecular weight is 786 g/mol. The third-order valence-electron chi connectivity index (χ3n) is 12.3. The second kappa shape index (κ2) is 12.5. The molecule has 0 bridgehead atoms. The van der Waals surface area contributed by atoms with Crippen molar-refractivity contribution in [3.05, 3.63) is 210 Å². The number of hydrogen-bond acceptors (Lipinski definition) is 5. The number of nitrogens with zero attached hydrogens (tertiary/aromatic N) is 3. The fourth-order valence-electron chi connectivity index (χ4n) is 9.81. The van der Waals surface area contributed by atoms with E-state index >= 15 is 0 Å². The summed E-state index contributed by atoms with van der Waals surface area (Å²) >= 11 is 3.64. The van der Waals surface area contributed by atoms with Crippen molar-refractivity contribution in [1.29, 1.82) is 0 Å². The molecule has 0 amide bonds. The third-order valence-corrected chi connectivity index (χ3v) is 14.7. The normalized spacial score (nSPS) is 13.5. The minimum Gasteiger partial charge on any atom is -0.247 e. The molecule has 0 saturated heterocycles. The summed E-state index contributed by atoms with van der Waals surface area (Å²) in [5.41, 5.74) is 14.4. The first-order valence-corrected chi connectivity index (χ1v) is 21.6. The molecular formula is C54H31N3S2. The molecule has 0 saturated carbocycles. The summed E-state index contributed by atoms with van der Waals surface area (Å²) in [6.45, 7) is 0. The fraction of sp³-hybridized carbons (Fsp3) is 0.0185. The van der Waals surface area contributed by atoms with E-state index in [0.29, 0.717) is 0 Å². The molecule has 3 nitrogen and oxygen atoms in total. The Labute approximate surface area is 348 Å². The van der Waals surface area contributed by atoms with Gasteiger partial charge in [-0.25, -0.2) is 15.0 Å². The van der Waals surface area contributed by atoms with Gasteiger partial charge in [0.25, 0.3) is 0 Å². The zero-order valence-corrected chi connectivity index (χ0v) is 33.2. The monoisotopic (exact) mass is 785 g/mol. The van der Waals surface area contributed by atoms with E-state index in [9.17, 15) is 0 Å². The van der Waals surface area contributed by atoms with Crippen LogP contribution in [0.3, 0.4) is 0 Å². The molecule has 13 rings (SSSR count). The van der Waals surface area contributed by atoms with Crippen LogP contribution in [0.25, 0.3) is 87.0 Å². The number of benzene rings is 8. The lowest BCUT2D eigenvalue weighted by molar-refractivity contribution is 0.723. The molecule has 1 aliphatic heterocycles. The first-order chi connectivity index (χ1) is 29.2. The maximum absolute atomic E-state index is 5.49. The smallest absolute Gasteiger partial charge is 0.160 e. The van der Waals surface area contributed by atoms with Crippen molar-refractivity contribution in [2.24, 2.45) is 0 Å². The molecule has 5 heteroatoms. The maximum Gasteiger partial charge on any atom is 0.160 e. The van der Waals surface area contributed by atoms with E-state index in [1.807, 2.05) is 17.8 Å². The molecule has 3 aromatic heterocycles. The Kier molecular flexibility index (Phi) is 7.03. The van der Waals surface area contributed by atoms with Crippen molar-refractivity contribution >= 4 is 65.1 Å². The highest BCUT2D eigenvalue weighted by Crippen LogP contribution is 2.63. The molecule has 274 valence electrons. The van der Waals surface area contributed by atoms with Crippen LogP contribution in [-0.2, 0) is 5.41 Å². The molecule has 59 heavy (non-hydrogen) atoms. The average Bonchev–Trinajstić information content (AvgIpc) is 3.82. The van der Waals surface area contributed by atoms with Crippen molar-refractivity contribution in [3.8, 4) is 45.0 Å². The molecule has 8 aromatic carbocycles. The summed E-state index contributed by atoms with van der Waals surface area (Å²) in [7, 11) is 0. The molecule has 1 spiro atoms. The second-order valence-corrected chi connectivity index (χ2v) is 17.6. The van der Waals surface area contributed by atoms with Gasteiger partial charge in [0, 0.05) is 47.3 Å². The lowest BCUT2D eigenvalue weighted by Crippen LogP contribution is -2.31. The molecule has 0 radical (unpaired) electrons. The first kappa shape index (κ1) is 33.1. The largest absolute Gasteiger partial charge is 0.247 e. The highest BCUT2D eigenvalue weighted by Gasteiger charge is 2.50. The van der Waals surface area contributed by atoms with Gasteiger partial charge in [-0.15, -0.1) is 11.3 Å². The van der Waals surface area contributed by atoms with E-state index in [-0.39, 0.29) is 0 Å². The molecule has 4 heterocycles. The van der Waals surface area contributed by atoms with Crippen LogP contribution in [0.2, 0.25) is 0 Å². The van der Waals surface area contributed by atoms with Gasteiger partial charge in [-0.1, -0.05) is 157 Å². The fourth-order valence-corrected chi connectivity index (χ4v) is 12.2. The predicted molar refractivity (Wildman–Crippen MR) is 245 cm³/mol. The third kappa shape index (κ3) is 4.68. The van der Waals surface area contributed by atoms with Crippen LogP contribution in [0.15, 0.2) is 198 Å². The van der Waals surface area contributed by atoms with Gasteiger partial charge in [0.15, 0.2) is 5.82 Å². The van der Waals surface area contributed by atoms with E-state index in [2.05, 4.69) is 182 Å². The Morgan fingerprint density at radius 3 is 1.83 bits per heavy atom. The number of pyridine rings is 1. The summed E-state index contributed by atoms with van der Waals surface area (Å²) in [6, 6.07) is 68.3. The Bertz CT molecular complexity index is 3490. The Morgan fingerprint density at radius 1 is 0.390 bits per heavy atom. The zero-order valence-electron chi connectivity index (χ0n) is 31.6. The van der Waals surface area contributed by atoms with E-state index in [0.717, 1.165) is 65.8 Å². The van der Waals surface area contributed by atoms with Gasteiger partial charge >= 0.3 is 0 Å². The molecule has 0 N–H and O–H groups in total. The number of rotatable bonds is 3.